The zero-order valence-corrected chi connectivity index (χ0v) is 11.0. The SMILES string of the molecule is C=CCCC(=O)C(C(=O)O)N1Cc2ccccc2C=N1. The molecule has 0 amide bonds. The van der Waals surface area contributed by atoms with Gasteiger partial charge in [-0.1, -0.05) is 30.3 Å². The number of hydrogen-bond acceptors (Lipinski definition) is 4. The first kappa shape index (κ1) is 14.0. The van der Waals surface area contributed by atoms with Crippen molar-refractivity contribution >= 4 is 18.0 Å². The van der Waals surface area contributed by atoms with E-state index in [1.807, 2.05) is 24.3 Å². The van der Waals surface area contributed by atoms with Crippen LogP contribution >= 0.6 is 0 Å². The largest absolute Gasteiger partial charge is 0.479 e. The van der Waals surface area contributed by atoms with Crippen molar-refractivity contribution in [1.82, 2.24) is 5.01 Å². The molecule has 0 spiro atoms. The molecule has 20 heavy (non-hydrogen) atoms. The van der Waals surface area contributed by atoms with Crippen molar-refractivity contribution < 1.29 is 14.7 Å². The Bertz CT molecular complexity index is 566. The summed E-state index contributed by atoms with van der Waals surface area (Å²) in [5, 5.41) is 14.7. The highest BCUT2D eigenvalue weighted by molar-refractivity contribution is 6.02. The van der Waals surface area contributed by atoms with Crippen molar-refractivity contribution in [2.45, 2.75) is 25.4 Å². The Hall–Kier alpha value is -2.43. The lowest BCUT2D eigenvalue weighted by atomic mass is 10.0. The van der Waals surface area contributed by atoms with Gasteiger partial charge >= 0.3 is 5.97 Å². The van der Waals surface area contributed by atoms with Gasteiger partial charge in [0.15, 0.2) is 5.78 Å². The molecule has 1 aliphatic rings. The van der Waals surface area contributed by atoms with E-state index < -0.39 is 12.0 Å². The summed E-state index contributed by atoms with van der Waals surface area (Å²) in [5.74, 6) is -1.52. The third-order valence-electron chi connectivity index (χ3n) is 3.16. The quantitative estimate of drug-likeness (QED) is 0.633. The molecular formula is C15H16N2O3. The van der Waals surface area contributed by atoms with Gasteiger partial charge in [0, 0.05) is 6.42 Å². The van der Waals surface area contributed by atoms with Crippen LogP contribution in [0.25, 0.3) is 0 Å². The van der Waals surface area contributed by atoms with E-state index in [0.29, 0.717) is 13.0 Å². The Morgan fingerprint density at radius 3 is 2.90 bits per heavy atom. The molecule has 5 heteroatoms. The minimum Gasteiger partial charge on any atom is -0.479 e. The summed E-state index contributed by atoms with van der Waals surface area (Å²) in [7, 11) is 0. The van der Waals surface area contributed by atoms with E-state index >= 15 is 0 Å². The fourth-order valence-electron chi connectivity index (χ4n) is 2.13. The molecule has 1 aromatic rings. The number of aliphatic carboxylic acids is 1. The van der Waals surface area contributed by atoms with E-state index in [-0.39, 0.29) is 12.2 Å². The van der Waals surface area contributed by atoms with Gasteiger partial charge in [0.1, 0.15) is 0 Å². The summed E-state index contributed by atoms with van der Waals surface area (Å²) in [5.41, 5.74) is 1.91. The van der Waals surface area contributed by atoms with Crippen LogP contribution in [-0.4, -0.2) is 34.1 Å². The van der Waals surface area contributed by atoms with Gasteiger partial charge in [-0.3, -0.25) is 9.80 Å². The number of hydrogen-bond donors (Lipinski definition) is 1. The minimum absolute atomic E-state index is 0.161. The predicted octanol–water partition coefficient (Wildman–Crippen LogP) is 1.82. The molecule has 104 valence electrons. The van der Waals surface area contributed by atoms with Gasteiger partial charge in [-0.15, -0.1) is 6.58 Å². The van der Waals surface area contributed by atoms with Crippen molar-refractivity contribution in [3.8, 4) is 0 Å². The van der Waals surface area contributed by atoms with Crippen LogP contribution in [0.5, 0.6) is 0 Å². The first-order valence-corrected chi connectivity index (χ1v) is 6.38. The predicted molar refractivity (Wildman–Crippen MR) is 75.4 cm³/mol. The first-order valence-electron chi connectivity index (χ1n) is 6.38. The van der Waals surface area contributed by atoms with Crippen LogP contribution in [0.4, 0.5) is 0 Å². The zero-order chi connectivity index (χ0) is 14.5. The molecule has 0 bridgehead atoms. The summed E-state index contributed by atoms with van der Waals surface area (Å²) in [6, 6.07) is 6.35. The number of rotatable bonds is 6. The topological polar surface area (TPSA) is 70.0 Å². The Morgan fingerprint density at radius 2 is 2.20 bits per heavy atom. The molecule has 0 aliphatic carbocycles. The molecule has 1 aliphatic heterocycles. The average Bonchev–Trinajstić information content (AvgIpc) is 2.44. The lowest BCUT2D eigenvalue weighted by Gasteiger charge is -2.28. The smallest absolute Gasteiger partial charge is 0.335 e. The van der Waals surface area contributed by atoms with E-state index in [1.165, 1.54) is 5.01 Å². The molecule has 1 heterocycles. The van der Waals surface area contributed by atoms with Gasteiger partial charge in [0.25, 0.3) is 0 Å². The number of benzene rings is 1. The van der Waals surface area contributed by atoms with Gasteiger partial charge in [-0.25, -0.2) is 4.79 Å². The summed E-state index contributed by atoms with van der Waals surface area (Å²) >= 11 is 0. The Morgan fingerprint density at radius 1 is 1.45 bits per heavy atom. The number of Topliss-reactive ketones (excluding diaryl/α,β-unsaturated/α-hetero) is 1. The Balaban J connectivity index is 2.18. The summed E-state index contributed by atoms with van der Waals surface area (Å²) in [6.45, 7) is 3.86. The summed E-state index contributed by atoms with van der Waals surface area (Å²) in [6.07, 6.45) is 3.83. The number of carbonyl (C=O) groups excluding carboxylic acids is 1. The minimum atomic E-state index is -1.24. The van der Waals surface area contributed by atoms with Gasteiger partial charge < -0.3 is 5.11 Å². The molecule has 1 aromatic carbocycles. The highest BCUT2D eigenvalue weighted by atomic mass is 16.4. The molecule has 1 atom stereocenters. The van der Waals surface area contributed by atoms with E-state index in [2.05, 4.69) is 11.7 Å². The third-order valence-corrected chi connectivity index (χ3v) is 3.16. The van der Waals surface area contributed by atoms with Crippen LogP contribution in [-0.2, 0) is 16.1 Å². The third kappa shape index (κ3) is 2.93. The van der Waals surface area contributed by atoms with Crippen molar-refractivity contribution in [2.75, 3.05) is 0 Å². The van der Waals surface area contributed by atoms with Crippen molar-refractivity contribution in [3.63, 3.8) is 0 Å². The summed E-state index contributed by atoms with van der Waals surface area (Å²) < 4.78 is 0. The second-order valence-electron chi connectivity index (χ2n) is 4.58. The Labute approximate surface area is 117 Å². The van der Waals surface area contributed by atoms with Crippen LogP contribution < -0.4 is 0 Å². The maximum absolute atomic E-state index is 12.0. The van der Waals surface area contributed by atoms with Gasteiger partial charge in [0.05, 0.1) is 12.8 Å². The van der Waals surface area contributed by atoms with Gasteiger partial charge in [-0.2, -0.15) is 5.10 Å². The second-order valence-corrected chi connectivity index (χ2v) is 4.58. The maximum atomic E-state index is 12.0. The molecule has 0 saturated heterocycles. The normalized spacial score (nSPS) is 14.5. The second kappa shape index (κ2) is 6.14. The first-order chi connectivity index (χ1) is 9.63. The molecule has 0 radical (unpaired) electrons. The monoisotopic (exact) mass is 272 g/mol. The highest BCUT2D eigenvalue weighted by Gasteiger charge is 2.32. The number of carboxylic acid groups (broad SMARTS) is 1. The number of carbonyl (C=O) groups is 2. The van der Waals surface area contributed by atoms with Crippen molar-refractivity contribution in [3.05, 3.63) is 48.0 Å². The molecule has 1 unspecified atom stereocenters. The van der Waals surface area contributed by atoms with Crippen LogP contribution in [0.1, 0.15) is 24.0 Å². The van der Waals surface area contributed by atoms with Gasteiger partial charge in [-0.05, 0) is 17.5 Å². The number of ketones is 1. The number of nitrogens with zero attached hydrogens (tertiary/aromatic N) is 2. The number of hydrazone groups is 1. The lowest BCUT2D eigenvalue weighted by molar-refractivity contribution is -0.148. The fourth-order valence-corrected chi connectivity index (χ4v) is 2.13. The molecule has 0 fully saturated rings. The maximum Gasteiger partial charge on any atom is 0.335 e. The van der Waals surface area contributed by atoms with E-state index in [9.17, 15) is 14.7 Å². The highest BCUT2D eigenvalue weighted by Crippen LogP contribution is 2.18. The molecule has 2 rings (SSSR count). The molecule has 0 aromatic heterocycles. The standard InChI is InChI=1S/C15H16N2O3/c1-2-3-8-13(18)14(15(19)20)17-10-12-7-5-4-6-11(12)9-16-17/h2,4-7,9,14H,1,3,8,10H2,(H,19,20). The number of fused-ring (bicyclic) bond motifs is 1. The number of carboxylic acids is 1. The average molecular weight is 272 g/mol. The van der Waals surface area contributed by atoms with E-state index in [4.69, 9.17) is 0 Å². The zero-order valence-electron chi connectivity index (χ0n) is 11.0. The van der Waals surface area contributed by atoms with Gasteiger partial charge in [0.2, 0.25) is 6.04 Å². The molecule has 0 saturated carbocycles. The van der Waals surface area contributed by atoms with Crippen LogP contribution in [0.15, 0.2) is 42.0 Å². The molecular weight excluding hydrogens is 256 g/mol. The van der Waals surface area contributed by atoms with E-state index in [1.54, 1.807) is 12.3 Å². The van der Waals surface area contributed by atoms with Crippen molar-refractivity contribution in [2.24, 2.45) is 5.10 Å². The fraction of sp³-hybridized carbons (Fsp3) is 0.267. The van der Waals surface area contributed by atoms with Crippen molar-refractivity contribution in [1.29, 1.82) is 0 Å². The van der Waals surface area contributed by atoms with Crippen LogP contribution in [0.2, 0.25) is 0 Å². The van der Waals surface area contributed by atoms with Crippen LogP contribution in [0.3, 0.4) is 0 Å². The molecule has 1 N–H and O–H groups in total. The van der Waals surface area contributed by atoms with E-state index in [0.717, 1.165) is 11.1 Å². The summed E-state index contributed by atoms with van der Waals surface area (Å²) in [4.78, 5) is 23.4. The molecule has 5 nitrogen and oxygen atoms in total. The Kier molecular flexibility index (Phi) is 4.30. The van der Waals surface area contributed by atoms with Crippen LogP contribution in [0, 0.1) is 0 Å². The number of allylic oxidation sites excluding steroid dienone is 1. The lowest BCUT2D eigenvalue weighted by Crippen LogP contribution is -2.44.